The maximum Gasteiger partial charge on any atom is 0.401 e. The van der Waals surface area contributed by atoms with Crippen molar-refractivity contribution in [1.82, 2.24) is 20.4 Å². The van der Waals surface area contributed by atoms with E-state index in [1.807, 2.05) is 45.3 Å². The van der Waals surface area contributed by atoms with Gasteiger partial charge in [-0.3, -0.25) is 9.89 Å². The highest BCUT2D eigenvalue weighted by Gasteiger charge is 2.34. The highest BCUT2D eigenvalue weighted by atomic mass is 127. The number of guanidine groups is 1. The Morgan fingerprint density at radius 3 is 2.50 bits per heavy atom. The van der Waals surface area contributed by atoms with Crippen molar-refractivity contribution in [2.45, 2.75) is 31.6 Å². The molecule has 1 heterocycles. The monoisotopic (exact) mass is 543 g/mol. The van der Waals surface area contributed by atoms with Crippen LogP contribution in [0, 0.1) is 0 Å². The van der Waals surface area contributed by atoms with Crippen molar-refractivity contribution in [2.24, 2.45) is 4.99 Å². The molecule has 0 bridgehead atoms. The van der Waals surface area contributed by atoms with Crippen molar-refractivity contribution in [3.8, 4) is 5.75 Å². The lowest BCUT2D eigenvalue weighted by Gasteiger charge is -2.24. The molecule has 2 unspecified atom stereocenters. The third-order valence-corrected chi connectivity index (χ3v) is 4.91. The van der Waals surface area contributed by atoms with E-state index in [0.717, 1.165) is 11.3 Å². The van der Waals surface area contributed by atoms with E-state index < -0.39 is 12.7 Å². The molecule has 1 saturated heterocycles. The number of hydrogen-bond acceptors (Lipinski definition) is 4. The van der Waals surface area contributed by atoms with Gasteiger partial charge in [-0.1, -0.05) is 12.1 Å². The van der Waals surface area contributed by atoms with Crippen LogP contribution in [0.1, 0.15) is 24.9 Å². The summed E-state index contributed by atoms with van der Waals surface area (Å²) in [5, 5.41) is 6.48. The molecule has 10 heteroatoms. The molecule has 0 saturated carbocycles. The summed E-state index contributed by atoms with van der Waals surface area (Å²) < 4.78 is 43.0. The Kier molecular flexibility index (Phi) is 11.2. The summed E-state index contributed by atoms with van der Waals surface area (Å²) in [4.78, 5) is 8.22. The van der Waals surface area contributed by atoms with E-state index in [2.05, 4.69) is 15.5 Å². The van der Waals surface area contributed by atoms with Gasteiger partial charge in [-0.15, -0.1) is 24.0 Å². The number of aliphatic imine (C=N–C) groups is 1. The molecular weight excluding hydrogens is 510 g/mol. The van der Waals surface area contributed by atoms with Gasteiger partial charge in [-0.05, 0) is 45.1 Å². The van der Waals surface area contributed by atoms with Gasteiger partial charge in [0.15, 0.2) is 5.96 Å². The van der Waals surface area contributed by atoms with E-state index >= 15 is 0 Å². The van der Waals surface area contributed by atoms with E-state index in [9.17, 15) is 13.2 Å². The lowest BCUT2D eigenvalue weighted by molar-refractivity contribution is -0.143. The number of likely N-dealkylation sites (N-methyl/N-ethyl adjacent to an activating group) is 1. The molecule has 30 heavy (non-hydrogen) atoms. The van der Waals surface area contributed by atoms with E-state index in [1.54, 1.807) is 7.11 Å². The lowest BCUT2D eigenvalue weighted by atomic mass is 10.1. The van der Waals surface area contributed by atoms with Crippen LogP contribution >= 0.6 is 24.0 Å². The number of likely N-dealkylation sites (tertiary alicyclic amines) is 1. The molecule has 1 aliphatic heterocycles. The Morgan fingerprint density at radius 2 is 1.97 bits per heavy atom. The van der Waals surface area contributed by atoms with Gasteiger partial charge in [0.1, 0.15) is 5.75 Å². The van der Waals surface area contributed by atoms with Crippen LogP contribution in [0.5, 0.6) is 5.75 Å². The van der Waals surface area contributed by atoms with Crippen LogP contribution in [0.15, 0.2) is 29.3 Å². The Balaban J connectivity index is 0.00000450. The van der Waals surface area contributed by atoms with Crippen molar-refractivity contribution in [3.05, 3.63) is 29.8 Å². The molecule has 2 N–H and O–H groups in total. The van der Waals surface area contributed by atoms with Crippen molar-refractivity contribution in [3.63, 3.8) is 0 Å². The van der Waals surface area contributed by atoms with Crippen LogP contribution in [0.25, 0.3) is 0 Å². The molecule has 0 amide bonds. The standard InChI is InChI=1S/C20H32F3N5O.HI/c1-5-24-19(26-16-10-11-28(13-16)14-20(21,22)23)25-12-18(27(2)3)15-6-8-17(29-4)9-7-15;/h6-9,16,18H,5,10-14H2,1-4H3,(H2,24,25,26);1H. The summed E-state index contributed by atoms with van der Waals surface area (Å²) in [6, 6.07) is 7.91. The number of methoxy groups -OCH3 is 1. The first kappa shape index (κ1) is 26.8. The van der Waals surface area contributed by atoms with Crippen molar-refractivity contribution >= 4 is 29.9 Å². The molecule has 1 aromatic rings. The molecule has 1 fully saturated rings. The molecule has 172 valence electrons. The lowest BCUT2D eigenvalue weighted by Crippen LogP contribution is -2.45. The van der Waals surface area contributed by atoms with E-state index in [0.29, 0.717) is 38.6 Å². The number of hydrogen-bond donors (Lipinski definition) is 2. The zero-order valence-electron chi connectivity index (χ0n) is 18.0. The Bertz CT molecular complexity index is 655. The number of ether oxygens (including phenoxy) is 1. The summed E-state index contributed by atoms with van der Waals surface area (Å²) in [5.74, 6) is 1.43. The van der Waals surface area contributed by atoms with Gasteiger partial charge < -0.3 is 20.3 Å². The van der Waals surface area contributed by atoms with Crippen LogP contribution in [0.2, 0.25) is 0 Å². The minimum atomic E-state index is -4.16. The van der Waals surface area contributed by atoms with Crippen molar-refractivity contribution in [1.29, 1.82) is 0 Å². The smallest absolute Gasteiger partial charge is 0.401 e. The van der Waals surface area contributed by atoms with Crippen LogP contribution < -0.4 is 15.4 Å². The largest absolute Gasteiger partial charge is 0.497 e. The zero-order valence-corrected chi connectivity index (χ0v) is 20.3. The quantitative estimate of drug-likeness (QED) is 0.300. The second-order valence-electron chi connectivity index (χ2n) is 7.45. The van der Waals surface area contributed by atoms with Gasteiger partial charge in [-0.25, -0.2) is 0 Å². The molecule has 1 aromatic carbocycles. The predicted molar refractivity (Wildman–Crippen MR) is 125 cm³/mol. The van der Waals surface area contributed by atoms with E-state index in [-0.39, 0.29) is 36.1 Å². The number of rotatable bonds is 8. The molecule has 2 rings (SSSR count). The maximum atomic E-state index is 12.6. The summed E-state index contributed by atoms with van der Waals surface area (Å²) in [7, 11) is 5.63. The second kappa shape index (κ2) is 12.6. The SMILES string of the molecule is CCNC(=NCC(c1ccc(OC)cc1)N(C)C)NC1CCN(CC(F)(F)F)C1.I. The number of halogens is 4. The van der Waals surface area contributed by atoms with Crippen LogP contribution in [-0.4, -0.2) is 81.9 Å². The fourth-order valence-electron chi connectivity index (χ4n) is 3.43. The van der Waals surface area contributed by atoms with Gasteiger partial charge in [0, 0.05) is 25.7 Å². The fraction of sp³-hybridized carbons (Fsp3) is 0.650. The maximum absolute atomic E-state index is 12.6. The normalized spacial score (nSPS) is 18.8. The zero-order chi connectivity index (χ0) is 21.4. The van der Waals surface area contributed by atoms with Crippen LogP contribution in [-0.2, 0) is 0 Å². The molecule has 0 spiro atoms. The van der Waals surface area contributed by atoms with Gasteiger partial charge in [-0.2, -0.15) is 13.2 Å². The summed E-state index contributed by atoms with van der Waals surface area (Å²) in [5.41, 5.74) is 1.12. The Labute approximate surface area is 194 Å². The molecule has 0 aliphatic carbocycles. The summed E-state index contributed by atoms with van der Waals surface area (Å²) in [6.45, 7) is 3.10. The Morgan fingerprint density at radius 1 is 1.30 bits per heavy atom. The molecule has 0 aromatic heterocycles. The highest BCUT2D eigenvalue weighted by molar-refractivity contribution is 14.0. The number of nitrogens with one attached hydrogen (secondary N) is 2. The van der Waals surface area contributed by atoms with Gasteiger partial charge >= 0.3 is 6.18 Å². The third kappa shape index (κ3) is 8.84. The minimum Gasteiger partial charge on any atom is -0.497 e. The van der Waals surface area contributed by atoms with Gasteiger partial charge in [0.05, 0.1) is 26.2 Å². The number of alkyl halides is 3. The molecular formula is C20H33F3IN5O. The summed E-state index contributed by atoms with van der Waals surface area (Å²) in [6.07, 6.45) is -3.50. The van der Waals surface area contributed by atoms with E-state index in [4.69, 9.17) is 9.73 Å². The minimum absolute atomic E-state index is 0. The average molecular weight is 543 g/mol. The van der Waals surface area contributed by atoms with Crippen LogP contribution in [0.3, 0.4) is 0 Å². The number of benzene rings is 1. The van der Waals surface area contributed by atoms with Gasteiger partial charge in [0.2, 0.25) is 0 Å². The average Bonchev–Trinajstić information content (AvgIpc) is 3.07. The van der Waals surface area contributed by atoms with Crippen molar-refractivity contribution in [2.75, 3.05) is 53.9 Å². The first-order chi connectivity index (χ1) is 13.7. The molecule has 2 atom stereocenters. The van der Waals surface area contributed by atoms with Crippen molar-refractivity contribution < 1.29 is 17.9 Å². The highest BCUT2D eigenvalue weighted by Crippen LogP contribution is 2.22. The topological polar surface area (TPSA) is 52.1 Å². The Hall–Kier alpha value is -1.27. The van der Waals surface area contributed by atoms with Crippen LogP contribution in [0.4, 0.5) is 13.2 Å². The van der Waals surface area contributed by atoms with Gasteiger partial charge in [0.25, 0.3) is 0 Å². The molecule has 0 radical (unpaired) electrons. The fourth-order valence-corrected chi connectivity index (χ4v) is 3.43. The first-order valence-electron chi connectivity index (χ1n) is 9.86. The number of nitrogens with zero attached hydrogens (tertiary/aromatic N) is 3. The summed E-state index contributed by atoms with van der Waals surface area (Å²) >= 11 is 0. The first-order valence-corrected chi connectivity index (χ1v) is 9.86. The molecule has 1 aliphatic rings. The molecule has 6 nitrogen and oxygen atoms in total. The third-order valence-electron chi connectivity index (χ3n) is 4.91. The predicted octanol–water partition coefficient (Wildman–Crippen LogP) is 3.11. The second-order valence-corrected chi connectivity index (χ2v) is 7.45. The van der Waals surface area contributed by atoms with E-state index in [1.165, 1.54) is 4.90 Å².